The van der Waals surface area contributed by atoms with Crippen LogP contribution in [0.5, 0.6) is 11.5 Å². The molecule has 8 aliphatic rings. The number of methoxy groups -OCH3 is 1. The summed E-state index contributed by atoms with van der Waals surface area (Å²) >= 11 is 0. The van der Waals surface area contributed by atoms with Crippen LogP contribution in [0.3, 0.4) is 0 Å². The molecule has 84 heavy (non-hydrogen) atoms. The molecule has 2 aromatic heterocycles. The molecule has 2 saturated heterocycles. The number of hydrogen-bond donors (Lipinski definition) is 6. The number of aliphatic hydroxyl groups is 2. The van der Waals surface area contributed by atoms with E-state index in [0.717, 1.165) is 48.3 Å². The highest BCUT2D eigenvalue weighted by molar-refractivity contribution is 6.32. The molecule has 7 heterocycles. The van der Waals surface area contributed by atoms with Crippen molar-refractivity contribution >= 4 is 46.4 Å². The highest BCUT2D eigenvalue weighted by Crippen LogP contribution is 2.51. The summed E-state index contributed by atoms with van der Waals surface area (Å²) in [5.41, 5.74) is -0.791. The lowest BCUT2D eigenvalue weighted by Gasteiger charge is -2.39. The molecule has 3 aliphatic carbocycles. The Morgan fingerprint density at radius 1 is 0.857 bits per heavy atom. The van der Waals surface area contributed by atoms with Gasteiger partial charge in [-0.1, -0.05) is 45.9 Å². The number of likely N-dealkylation sites (tertiary alicyclic amines) is 1. The number of aryl methyl sites for hydroxylation is 1. The number of anilines is 1. The van der Waals surface area contributed by atoms with Crippen LogP contribution >= 0.6 is 0 Å². The fraction of sp³-hybridized carbons (Fsp3) is 0.540. The number of nitrogens with zero attached hydrogens (tertiary/aromatic N) is 3. The minimum atomic E-state index is -2.14. The summed E-state index contributed by atoms with van der Waals surface area (Å²) in [6, 6.07) is 1.40. The van der Waals surface area contributed by atoms with Crippen LogP contribution in [0.4, 0.5) is 10.1 Å². The van der Waals surface area contributed by atoms with Crippen molar-refractivity contribution in [3.63, 3.8) is 0 Å². The van der Waals surface area contributed by atoms with Gasteiger partial charge in [-0.3, -0.25) is 33.2 Å². The molecule has 0 spiro atoms. The van der Waals surface area contributed by atoms with Crippen molar-refractivity contribution < 1.29 is 72.5 Å². The number of allylic oxidation sites excluding steroid dienone is 4. The zero-order valence-corrected chi connectivity index (χ0v) is 49.2. The molecule has 1 aromatic carbocycles. The summed E-state index contributed by atoms with van der Waals surface area (Å²) in [6.07, 6.45) is 9.61. The Labute approximate surface area is 486 Å². The SMILES string of the molecule is CO[C@H]1C=CO[C@@]2(C)Oc3c(C)c(O)c4c(c3C2=O)C(=O)C(N2CCC(NC3(C5CCN(c6c(F)cn7c(=O)c(C(=O)O)cc(C8CC8)c7c6C)C5)CC3)CC2)=C(NC(=O)C(C)=CC=C[C@H](C)[C@H](O)[C@@H](C)[C@@H](O)[C@@H](C)[C@H](OC(C)=O)[C@@H]1C)C4=O. The number of carbonyl (C=O) groups is 6. The van der Waals surface area contributed by atoms with Crippen molar-refractivity contribution in [3.8, 4) is 11.5 Å². The quantitative estimate of drug-likeness (QED) is 0.122. The molecule has 450 valence electrons. The number of phenolic OH excluding ortho intramolecular Hbond substituents is 1. The number of pyridine rings is 2. The van der Waals surface area contributed by atoms with E-state index in [0.29, 0.717) is 42.7 Å². The maximum absolute atomic E-state index is 16.3. The molecular weight excluding hydrogens is 1090 g/mol. The third-order valence-corrected chi connectivity index (χ3v) is 19.0. The molecule has 2 saturated carbocycles. The van der Waals surface area contributed by atoms with Gasteiger partial charge in [0, 0.05) is 93.5 Å². The van der Waals surface area contributed by atoms with E-state index in [1.807, 2.05) is 4.90 Å². The Morgan fingerprint density at radius 3 is 2.17 bits per heavy atom. The highest BCUT2D eigenvalue weighted by atomic mass is 19.1. The third-order valence-electron chi connectivity index (χ3n) is 19.0. The minimum Gasteiger partial charge on any atom is -0.507 e. The largest absolute Gasteiger partial charge is 0.507 e. The van der Waals surface area contributed by atoms with Crippen LogP contribution in [0.1, 0.15) is 157 Å². The second-order valence-electron chi connectivity index (χ2n) is 24.6. The first-order valence-corrected chi connectivity index (χ1v) is 29.2. The number of aromatic carboxylic acids is 1. The van der Waals surface area contributed by atoms with Crippen molar-refractivity contribution in [3.05, 3.63) is 115 Å². The van der Waals surface area contributed by atoms with Gasteiger partial charge in [0.25, 0.3) is 17.2 Å². The Morgan fingerprint density at radius 2 is 1.54 bits per heavy atom. The number of phenols is 1. The first-order valence-electron chi connectivity index (χ1n) is 29.2. The van der Waals surface area contributed by atoms with E-state index in [4.69, 9.17) is 18.9 Å². The fourth-order valence-electron chi connectivity index (χ4n) is 13.7. The molecule has 1 amide bonds. The summed E-state index contributed by atoms with van der Waals surface area (Å²) in [7, 11) is 1.42. The van der Waals surface area contributed by atoms with Crippen LogP contribution in [-0.4, -0.2) is 140 Å². The maximum Gasteiger partial charge on any atom is 0.341 e. The number of carboxylic acid groups (broad SMARTS) is 1. The van der Waals surface area contributed by atoms with Crippen LogP contribution in [0.2, 0.25) is 0 Å². The van der Waals surface area contributed by atoms with Gasteiger partial charge in [0.2, 0.25) is 11.6 Å². The van der Waals surface area contributed by atoms with Gasteiger partial charge in [-0.25, -0.2) is 9.18 Å². The number of ether oxygens (including phenoxy) is 4. The van der Waals surface area contributed by atoms with E-state index in [9.17, 15) is 44.4 Å². The number of hydrogen-bond acceptors (Lipinski definition) is 17. The summed E-state index contributed by atoms with van der Waals surface area (Å²) in [4.78, 5) is 101. The maximum atomic E-state index is 16.3. The van der Waals surface area contributed by atoms with E-state index in [-0.39, 0.29) is 75.9 Å². The van der Waals surface area contributed by atoms with Gasteiger partial charge in [-0.15, -0.1) is 0 Å². The molecule has 0 radical (unpaired) electrons. The van der Waals surface area contributed by atoms with Gasteiger partial charge in [0.15, 0.2) is 5.82 Å². The van der Waals surface area contributed by atoms with E-state index in [1.165, 1.54) is 59.3 Å². The first kappa shape index (κ1) is 59.9. The number of fused-ring (bicyclic) bond motifs is 15. The second-order valence-corrected chi connectivity index (χ2v) is 24.6. The molecule has 4 fully saturated rings. The molecule has 21 heteroatoms. The van der Waals surface area contributed by atoms with Crippen molar-refractivity contribution in [1.82, 2.24) is 19.9 Å². The number of aromatic nitrogens is 1. The number of aromatic hydroxyl groups is 1. The molecule has 20 nitrogen and oxygen atoms in total. The number of ketones is 3. The van der Waals surface area contributed by atoms with Crippen LogP contribution in [0.15, 0.2) is 64.6 Å². The van der Waals surface area contributed by atoms with Gasteiger partial charge >= 0.3 is 17.7 Å². The number of carboxylic acids is 1. The van der Waals surface area contributed by atoms with Crippen molar-refractivity contribution in [2.24, 2.45) is 29.6 Å². The fourth-order valence-corrected chi connectivity index (χ4v) is 13.7. The molecule has 5 bridgehead atoms. The predicted molar refractivity (Wildman–Crippen MR) is 305 cm³/mol. The van der Waals surface area contributed by atoms with E-state index >= 15 is 14.0 Å². The second kappa shape index (κ2) is 22.7. The Bertz CT molecular complexity index is 3460. The molecule has 6 N–H and O–H groups in total. The van der Waals surface area contributed by atoms with E-state index in [1.54, 1.807) is 51.7 Å². The van der Waals surface area contributed by atoms with Gasteiger partial charge in [-0.2, -0.15) is 0 Å². The molecule has 5 aliphatic heterocycles. The average molecular weight is 1160 g/mol. The molecule has 3 aromatic rings. The summed E-state index contributed by atoms with van der Waals surface area (Å²) in [6.45, 7) is 15.7. The number of benzene rings is 1. The first-order chi connectivity index (χ1) is 39.7. The number of amides is 1. The standard InChI is InChI=1S/C63H76FN5O15/c1-29-12-11-13-30(2)59(77)65-47-50(67-23-17-39(18-24-67)66-63(20-21-63)38-16-22-68(27-38)49-32(4)48-40(37-14-15-37)26-41(61(79)80)60(78)69(48)28-42(49)64)55(75)44-45(54(47)74)53(73)35(7)57-46(44)58(76)62(9,84-57)82-25-19-43(81-10)31(3)56(83-36(8)70)34(6)52(72)33(5)51(29)71/h11-13,19,25-26,28-29,31,33-34,37-39,43,51-52,56,66,71-73H,14-18,20-24,27H2,1-10H3,(H,65,77)(H,79,80)/t29-,31+,33+,34+,38?,43-,51-,52+,56+,62-/m0/s1. The lowest BCUT2D eigenvalue weighted by molar-refractivity contribution is -0.160. The molecule has 10 atom stereocenters. The predicted octanol–water partition coefficient (Wildman–Crippen LogP) is 6.71. The monoisotopic (exact) mass is 1160 g/mol. The topological polar surface area (TPSA) is 272 Å². The van der Waals surface area contributed by atoms with Gasteiger partial charge in [-0.05, 0) is 101 Å². The number of halogens is 1. The zero-order valence-electron chi connectivity index (χ0n) is 49.2. The van der Waals surface area contributed by atoms with Gasteiger partial charge in [0.05, 0.1) is 58.7 Å². The van der Waals surface area contributed by atoms with Gasteiger partial charge < -0.3 is 59.8 Å². The molecule has 1 unspecified atom stereocenters. The van der Waals surface area contributed by atoms with Crippen molar-refractivity contribution in [2.45, 2.75) is 155 Å². The number of aliphatic hydroxyl groups excluding tert-OH is 2. The van der Waals surface area contributed by atoms with E-state index < -0.39 is 117 Å². The zero-order chi connectivity index (χ0) is 60.8. The highest BCUT2D eigenvalue weighted by Gasteiger charge is 2.55. The normalized spacial score (nSPS) is 29.5. The lowest BCUT2D eigenvalue weighted by atomic mass is 9.78. The number of esters is 1. The van der Waals surface area contributed by atoms with E-state index in [2.05, 4.69) is 10.6 Å². The smallest absolute Gasteiger partial charge is 0.341 e. The number of nitrogens with one attached hydrogen (secondary N) is 2. The Kier molecular flexibility index (Phi) is 16.2. The van der Waals surface area contributed by atoms with Gasteiger partial charge in [0.1, 0.15) is 34.6 Å². The van der Waals surface area contributed by atoms with Crippen molar-refractivity contribution in [2.75, 3.05) is 38.2 Å². The van der Waals surface area contributed by atoms with Crippen LogP contribution < -0.4 is 25.8 Å². The summed E-state index contributed by atoms with van der Waals surface area (Å²) in [5.74, 6) is -11.3. The average Bonchev–Trinajstić information content (AvgIpc) is 1.55. The number of Topliss-reactive ketones (excluding diaryl/α,β-unsaturated/α-hetero) is 3. The molecule has 11 rings (SSSR count). The van der Waals surface area contributed by atoms with Crippen molar-refractivity contribution in [1.29, 1.82) is 0 Å². The third kappa shape index (κ3) is 10.5. The number of piperidine rings is 1. The minimum absolute atomic E-state index is 0.0273. The van der Waals surface area contributed by atoms with Crippen LogP contribution in [0, 0.1) is 49.3 Å². The number of rotatable bonds is 9. The Hall–Kier alpha value is -7.20. The Balaban J connectivity index is 0.939. The lowest BCUT2D eigenvalue weighted by Crippen LogP contribution is -2.51. The molecular formula is C63H76FN5O15. The van der Waals surface area contributed by atoms with Crippen LogP contribution in [0.25, 0.3) is 5.52 Å². The van der Waals surface area contributed by atoms with Crippen LogP contribution in [-0.2, 0) is 23.8 Å². The summed E-state index contributed by atoms with van der Waals surface area (Å²) in [5, 5.41) is 51.6. The summed E-state index contributed by atoms with van der Waals surface area (Å²) < 4.78 is 41.4. The number of carbonyl (C=O) groups excluding carboxylic acids is 5.